The van der Waals surface area contributed by atoms with Gasteiger partial charge >= 0.3 is 0 Å². The van der Waals surface area contributed by atoms with E-state index >= 15 is 0 Å². The Morgan fingerprint density at radius 3 is 2.71 bits per heavy atom. The lowest BCUT2D eigenvalue weighted by molar-refractivity contribution is -0.143. The lowest BCUT2D eigenvalue weighted by atomic mass is 10.1. The number of amides is 1. The Labute approximate surface area is 138 Å². The highest BCUT2D eigenvalue weighted by Crippen LogP contribution is 2.34. The minimum Gasteiger partial charge on any atom is -0.483 e. The number of aryl methyl sites for hydroxylation is 1. The first kappa shape index (κ1) is 18.2. The van der Waals surface area contributed by atoms with Crippen molar-refractivity contribution in [3.63, 3.8) is 0 Å². The Kier molecular flexibility index (Phi) is 6.16. The molecule has 0 bridgehead atoms. The van der Waals surface area contributed by atoms with E-state index in [1.807, 2.05) is 4.90 Å². The van der Waals surface area contributed by atoms with E-state index < -0.39 is 0 Å². The first-order chi connectivity index (χ1) is 11.5. The predicted molar refractivity (Wildman–Crippen MR) is 83.6 cm³/mol. The van der Waals surface area contributed by atoms with Gasteiger partial charge in [0.2, 0.25) is 5.91 Å². The van der Waals surface area contributed by atoms with Gasteiger partial charge in [-0.3, -0.25) is 19.5 Å². The quantitative estimate of drug-likeness (QED) is 0.534. The lowest BCUT2D eigenvalue weighted by Gasteiger charge is -2.37. The summed E-state index contributed by atoms with van der Waals surface area (Å²) in [6, 6.07) is 0.0294. The molecule has 9 nitrogen and oxygen atoms in total. The fraction of sp³-hybridized carbons (Fsp3) is 0.667. The third-order valence-corrected chi connectivity index (χ3v) is 4.63. The smallest absolute Gasteiger partial charge is 0.290 e. The van der Waals surface area contributed by atoms with Gasteiger partial charge in [-0.2, -0.15) is 0 Å². The summed E-state index contributed by atoms with van der Waals surface area (Å²) < 4.78 is 5.72. The number of carbonyl (C=O) groups excluding carboxylic acids is 1. The van der Waals surface area contributed by atoms with Crippen LogP contribution in [0.25, 0.3) is 0 Å². The average molecular weight is 341 g/mol. The number of aliphatic hydroxyl groups is 1. The van der Waals surface area contributed by atoms with E-state index in [4.69, 9.17) is 14.6 Å². The molecule has 1 aliphatic heterocycles. The number of hydrogen-bond acceptors (Lipinski definition) is 5. The van der Waals surface area contributed by atoms with Gasteiger partial charge in [-0.05, 0) is 25.7 Å². The molecular weight excluding hydrogens is 318 g/mol. The summed E-state index contributed by atoms with van der Waals surface area (Å²) in [4.78, 5) is 34.4. The van der Waals surface area contributed by atoms with Crippen LogP contribution in [0.4, 0.5) is 0 Å². The molecule has 1 aliphatic carbocycles. The summed E-state index contributed by atoms with van der Waals surface area (Å²) in [5, 5.41) is 21.4. The molecule has 9 heteroatoms. The fourth-order valence-corrected chi connectivity index (χ4v) is 3.45. The van der Waals surface area contributed by atoms with Crippen LogP contribution in [0.1, 0.15) is 24.1 Å². The number of rotatable bonds is 3. The second-order valence-corrected chi connectivity index (χ2v) is 6.05. The van der Waals surface area contributed by atoms with Crippen LogP contribution < -0.4 is 5.56 Å². The SMILES string of the molecule is Cc1[nH][nH]c(=O)c1CC(=O)N1CCOC2C[C@H](CO)C[C@@H]21.O=CO. The van der Waals surface area contributed by atoms with Crippen LogP contribution in [0.5, 0.6) is 0 Å². The largest absolute Gasteiger partial charge is 0.483 e. The van der Waals surface area contributed by atoms with Crippen molar-refractivity contribution in [2.45, 2.75) is 38.3 Å². The van der Waals surface area contributed by atoms with Crippen LogP contribution in [0.15, 0.2) is 4.79 Å². The van der Waals surface area contributed by atoms with Crippen LogP contribution in [0, 0.1) is 12.8 Å². The zero-order valence-corrected chi connectivity index (χ0v) is 13.5. The monoisotopic (exact) mass is 341 g/mol. The van der Waals surface area contributed by atoms with E-state index in [2.05, 4.69) is 10.2 Å². The highest BCUT2D eigenvalue weighted by Gasteiger charge is 2.42. The molecule has 3 rings (SSSR count). The molecule has 1 aromatic rings. The van der Waals surface area contributed by atoms with Crippen LogP contribution in [0.3, 0.4) is 0 Å². The maximum atomic E-state index is 12.5. The number of hydrogen-bond donors (Lipinski definition) is 4. The number of morpholine rings is 1. The number of aliphatic hydroxyl groups excluding tert-OH is 1. The van der Waals surface area contributed by atoms with E-state index in [1.54, 1.807) is 6.92 Å². The van der Waals surface area contributed by atoms with Crippen molar-refractivity contribution in [2.75, 3.05) is 19.8 Å². The van der Waals surface area contributed by atoms with Crippen molar-refractivity contribution in [2.24, 2.45) is 5.92 Å². The van der Waals surface area contributed by atoms with Crippen LogP contribution in [-0.2, 0) is 20.7 Å². The van der Waals surface area contributed by atoms with Crippen molar-refractivity contribution in [1.29, 1.82) is 0 Å². The Bertz CT molecular complexity index is 625. The molecule has 1 aromatic heterocycles. The molecule has 0 aromatic carbocycles. The van der Waals surface area contributed by atoms with Crippen LogP contribution in [0.2, 0.25) is 0 Å². The maximum Gasteiger partial charge on any atom is 0.290 e. The molecule has 2 aliphatic rings. The number of aromatic nitrogens is 2. The molecule has 1 unspecified atom stereocenters. The number of nitrogens with zero attached hydrogens (tertiary/aromatic N) is 1. The van der Waals surface area contributed by atoms with E-state index in [-0.39, 0.29) is 49.0 Å². The van der Waals surface area contributed by atoms with Crippen molar-refractivity contribution < 1.29 is 24.5 Å². The maximum absolute atomic E-state index is 12.5. The van der Waals surface area contributed by atoms with Crippen LogP contribution in [-0.4, -0.2) is 69.6 Å². The van der Waals surface area contributed by atoms with Crippen molar-refractivity contribution in [1.82, 2.24) is 15.1 Å². The Hall–Kier alpha value is -2.13. The van der Waals surface area contributed by atoms with Crippen LogP contribution >= 0.6 is 0 Å². The summed E-state index contributed by atoms with van der Waals surface area (Å²) >= 11 is 0. The number of carboxylic acid groups (broad SMARTS) is 1. The molecule has 2 heterocycles. The van der Waals surface area contributed by atoms with Gasteiger partial charge in [0.1, 0.15) is 0 Å². The molecule has 1 saturated carbocycles. The summed E-state index contributed by atoms with van der Waals surface area (Å²) in [6.07, 6.45) is 1.70. The average Bonchev–Trinajstić information content (AvgIpc) is 3.13. The van der Waals surface area contributed by atoms with Gasteiger partial charge in [0.05, 0.1) is 25.2 Å². The van der Waals surface area contributed by atoms with Gasteiger partial charge < -0.3 is 24.9 Å². The minimum atomic E-state index is -0.250. The number of H-pyrrole nitrogens is 2. The van der Waals surface area contributed by atoms with Gasteiger partial charge in [-0.25, -0.2) is 0 Å². The van der Waals surface area contributed by atoms with Gasteiger partial charge in [-0.1, -0.05) is 0 Å². The molecule has 0 radical (unpaired) electrons. The number of nitrogens with one attached hydrogen (secondary N) is 2. The second kappa shape index (κ2) is 8.11. The molecule has 24 heavy (non-hydrogen) atoms. The third-order valence-electron chi connectivity index (χ3n) is 4.63. The number of aromatic amines is 2. The third kappa shape index (κ3) is 3.85. The number of ether oxygens (including phenoxy) is 1. The van der Waals surface area contributed by atoms with Gasteiger partial charge in [0.15, 0.2) is 0 Å². The van der Waals surface area contributed by atoms with E-state index in [0.717, 1.165) is 12.8 Å². The molecule has 1 amide bonds. The van der Waals surface area contributed by atoms with E-state index in [1.165, 1.54) is 0 Å². The molecule has 134 valence electrons. The molecule has 4 N–H and O–H groups in total. The molecule has 1 saturated heterocycles. The molecular formula is C15H23N3O6. The Morgan fingerprint density at radius 2 is 2.12 bits per heavy atom. The summed E-state index contributed by atoms with van der Waals surface area (Å²) in [5.74, 6) is 0.158. The first-order valence-corrected chi connectivity index (χ1v) is 7.87. The number of fused-ring (bicyclic) bond motifs is 1. The molecule has 2 fully saturated rings. The lowest BCUT2D eigenvalue weighted by Crippen LogP contribution is -2.51. The van der Waals surface area contributed by atoms with Crippen molar-refractivity contribution in [3.8, 4) is 0 Å². The zero-order chi connectivity index (χ0) is 17.7. The summed E-state index contributed by atoms with van der Waals surface area (Å²) in [6.45, 7) is 2.74. The van der Waals surface area contributed by atoms with Gasteiger partial charge in [-0.15, -0.1) is 0 Å². The zero-order valence-electron chi connectivity index (χ0n) is 13.5. The standard InChI is InChI=1S/C14H21N3O4.CH2O2/c1-8-10(14(20)16-15-8)6-13(19)17-2-3-21-12-5-9(7-18)4-11(12)17;2-1-3/h9,11-12,18H,2-7H2,1H3,(H2,15,16,20);1H,(H,2,3)/t9-,11+,12?;/m1./s1. The Morgan fingerprint density at radius 1 is 1.42 bits per heavy atom. The Balaban J connectivity index is 0.000000647. The highest BCUT2D eigenvalue weighted by molar-refractivity contribution is 5.79. The van der Waals surface area contributed by atoms with E-state index in [0.29, 0.717) is 24.4 Å². The second-order valence-electron chi connectivity index (χ2n) is 6.05. The van der Waals surface area contributed by atoms with Gasteiger partial charge in [0, 0.05) is 24.4 Å². The normalized spacial score (nSPS) is 25.6. The van der Waals surface area contributed by atoms with Crippen molar-refractivity contribution in [3.05, 3.63) is 21.6 Å². The topological polar surface area (TPSA) is 136 Å². The first-order valence-electron chi connectivity index (χ1n) is 7.87. The predicted octanol–water partition coefficient (Wildman–Crippen LogP) is -0.747. The molecule has 0 spiro atoms. The number of carbonyl (C=O) groups is 2. The summed E-state index contributed by atoms with van der Waals surface area (Å²) in [7, 11) is 0. The van der Waals surface area contributed by atoms with Crippen molar-refractivity contribution >= 4 is 12.4 Å². The molecule has 3 atom stereocenters. The van der Waals surface area contributed by atoms with E-state index in [9.17, 15) is 14.7 Å². The van der Waals surface area contributed by atoms with Gasteiger partial charge in [0.25, 0.3) is 12.0 Å². The highest BCUT2D eigenvalue weighted by atomic mass is 16.5. The minimum absolute atomic E-state index is 0.0189. The fourth-order valence-electron chi connectivity index (χ4n) is 3.45. The summed E-state index contributed by atoms with van der Waals surface area (Å²) in [5.41, 5.74) is 0.975.